The summed E-state index contributed by atoms with van der Waals surface area (Å²) in [5, 5.41) is 3.37. The molecule has 0 aromatic heterocycles. The summed E-state index contributed by atoms with van der Waals surface area (Å²) >= 11 is 1.90. The van der Waals surface area contributed by atoms with Crippen LogP contribution in [0, 0.1) is 0 Å². The molecule has 0 bridgehead atoms. The van der Waals surface area contributed by atoms with Crippen molar-refractivity contribution in [3.05, 3.63) is 12.1 Å². The van der Waals surface area contributed by atoms with E-state index in [9.17, 15) is 0 Å². The minimum atomic E-state index is 0.592. The van der Waals surface area contributed by atoms with Gasteiger partial charge >= 0.3 is 0 Å². The van der Waals surface area contributed by atoms with Crippen LogP contribution in [0.4, 0.5) is 11.4 Å². The molecule has 0 saturated heterocycles. The second-order valence-electron chi connectivity index (χ2n) is 4.56. The molecule has 19 heavy (non-hydrogen) atoms. The first kappa shape index (κ1) is 14.2. The highest BCUT2D eigenvalue weighted by molar-refractivity contribution is 7.98. The predicted molar refractivity (Wildman–Crippen MR) is 82.6 cm³/mol. The quantitative estimate of drug-likeness (QED) is 0.595. The molecule has 3 N–H and O–H groups in total. The van der Waals surface area contributed by atoms with E-state index in [0.717, 1.165) is 30.2 Å². The van der Waals surface area contributed by atoms with Gasteiger partial charge in [0.25, 0.3) is 0 Å². The summed E-state index contributed by atoms with van der Waals surface area (Å²) in [4.78, 5) is 0. The van der Waals surface area contributed by atoms with Gasteiger partial charge in [-0.25, -0.2) is 0 Å². The van der Waals surface area contributed by atoms with Crippen LogP contribution in [0.25, 0.3) is 0 Å². The molecular formula is C14H22N2O2S. The van der Waals surface area contributed by atoms with Crippen molar-refractivity contribution in [3.63, 3.8) is 0 Å². The van der Waals surface area contributed by atoms with Crippen LogP contribution < -0.4 is 20.5 Å². The SMILES string of the molecule is CSCCCCCNc1cc2c(cc1N)OCCO2. The smallest absolute Gasteiger partial charge is 0.163 e. The third-order valence-corrected chi connectivity index (χ3v) is 3.75. The first-order chi connectivity index (χ1) is 9.31. The van der Waals surface area contributed by atoms with E-state index in [1.807, 2.05) is 23.9 Å². The summed E-state index contributed by atoms with van der Waals surface area (Å²) in [5.41, 5.74) is 7.66. The van der Waals surface area contributed by atoms with Crippen LogP contribution in [-0.4, -0.2) is 31.8 Å². The van der Waals surface area contributed by atoms with E-state index in [1.165, 1.54) is 18.6 Å². The number of ether oxygens (including phenoxy) is 2. The molecule has 0 unspecified atom stereocenters. The summed E-state index contributed by atoms with van der Waals surface area (Å²) in [6, 6.07) is 3.77. The van der Waals surface area contributed by atoms with E-state index in [4.69, 9.17) is 15.2 Å². The van der Waals surface area contributed by atoms with E-state index in [0.29, 0.717) is 18.9 Å². The van der Waals surface area contributed by atoms with Gasteiger partial charge in [-0.2, -0.15) is 11.8 Å². The van der Waals surface area contributed by atoms with E-state index in [2.05, 4.69) is 11.6 Å². The molecular weight excluding hydrogens is 260 g/mol. The molecule has 1 aromatic rings. The van der Waals surface area contributed by atoms with Crippen molar-refractivity contribution in [2.75, 3.05) is 42.8 Å². The zero-order valence-corrected chi connectivity index (χ0v) is 12.2. The summed E-state index contributed by atoms with van der Waals surface area (Å²) < 4.78 is 11.0. The van der Waals surface area contributed by atoms with Crippen molar-refractivity contribution in [1.82, 2.24) is 0 Å². The number of rotatable bonds is 7. The fourth-order valence-corrected chi connectivity index (χ4v) is 2.52. The molecule has 0 atom stereocenters. The maximum Gasteiger partial charge on any atom is 0.163 e. The largest absolute Gasteiger partial charge is 0.486 e. The zero-order chi connectivity index (χ0) is 13.5. The maximum absolute atomic E-state index is 6.01. The Morgan fingerprint density at radius 2 is 1.89 bits per heavy atom. The van der Waals surface area contributed by atoms with Crippen molar-refractivity contribution >= 4 is 23.1 Å². The molecule has 5 heteroatoms. The molecule has 0 radical (unpaired) electrons. The molecule has 0 fully saturated rings. The maximum atomic E-state index is 6.01. The van der Waals surface area contributed by atoms with Crippen LogP contribution in [0.2, 0.25) is 0 Å². The normalized spacial score (nSPS) is 13.3. The van der Waals surface area contributed by atoms with Crippen LogP contribution in [0.15, 0.2) is 12.1 Å². The number of unbranched alkanes of at least 4 members (excludes halogenated alkanes) is 2. The summed E-state index contributed by atoms with van der Waals surface area (Å²) in [7, 11) is 0. The monoisotopic (exact) mass is 282 g/mol. The zero-order valence-electron chi connectivity index (χ0n) is 11.4. The third-order valence-electron chi connectivity index (χ3n) is 3.06. The molecule has 4 nitrogen and oxygen atoms in total. The van der Waals surface area contributed by atoms with E-state index >= 15 is 0 Å². The molecule has 1 heterocycles. The van der Waals surface area contributed by atoms with Gasteiger partial charge in [-0.05, 0) is 24.9 Å². The van der Waals surface area contributed by atoms with E-state index in [-0.39, 0.29) is 0 Å². The first-order valence-corrected chi connectivity index (χ1v) is 8.12. The Balaban J connectivity index is 1.83. The van der Waals surface area contributed by atoms with Crippen LogP contribution in [0.5, 0.6) is 11.5 Å². The number of hydrogen-bond donors (Lipinski definition) is 2. The van der Waals surface area contributed by atoms with Gasteiger partial charge in [0.2, 0.25) is 0 Å². The Hall–Kier alpha value is -1.23. The minimum absolute atomic E-state index is 0.592. The summed E-state index contributed by atoms with van der Waals surface area (Å²) in [5.74, 6) is 2.77. The van der Waals surface area contributed by atoms with Crippen molar-refractivity contribution in [2.24, 2.45) is 0 Å². The fourth-order valence-electron chi connectivity index (χ4n) is 2.03. The topological polar surface area (TPSA) is 56.5 Å². The van der Waals surface area contributed by atoms with E-state index < -0.39 is 0 Å². The number of hydrogen-bond acceptors (Lipinski definition) is 5. The number of fused-ring (bicyclic) bond motifs is 1. The van der Waals surface area contributed by atoms with Gasteiger partial charge in [0.1, 0.15) is 13.2 Å². The molecule has 1 aromatic carbocycles. The van der Waals surface area contributed by atoms with Crippen molar-refractivity contribution < 1.29 is 9.47 Å². The number of anilines is 2. The van der Waals surface area contributed by atoms with Gasteiger partial charge in [0.05, 0.1) is 11.4 Å². The Morgan fingerprint density at radius 3 is 2.63 bits per heavy atom. The molecule has 0 aliphatic carbocycles. The average Bonchev–Trinajstić information content (AvgIpc) is 2.43. The number of nitrogens with two attached hydrogens (primary N) is 1. The van der Waals surface area contributed by atoms with Crippen molar-refractivity contribution in [2.45, 2.75) is 19.3 Å². The van der Waals surface area contributed by atoms with Gasteiger partial charge in [0.15, 0.2) is 11.5 Å². The van der Waals surface area contributed by atoms with Crippen LogP contribution in [0.1, 0.15) is 19.3 Å². The van der Waals surface area contributed by atoms with Crippen molar-refractivity contribution in [3.8, 4) is 11.5 Å². The molecule has 0 spiro atoms. The van der Waals surface area contributed by atoms with Gasteiger partial charge < -0.3 is 20.5 Å². The number of nitrogen functional groups attached to an aromatic ring is 1. The molecule has 106 valence electrons. The highest BCUT2D eigenvalue weighted by Crippen LogP contribution is 2.36. The molecule has 1 aliphatic rings. The molecule has 1 aliphatic heterocycles. The van der Waals surface area contributed by atoms with Crippen LogP contribution >= 0.6 is 11.8 Å². The average molecular weight is 282 g/mol. The standard InChI is InChI=1S/C14H22N2O2S/c1-19-8-4-2-3-5-16-12-10-14-13(9-11(12)15)17-6-7-18-14/h9-10,16H,2-8,15H2,1H3. The predicted octanol–water partition coefficient (Wildman–Crippen LogP) is 2.99. The van der Waals surface area contributed by atoms with Gasteiger partial charge in [-0.15, -0.1) is 0 Å². The van der Waals surface area contributed by atoms with Crippen molar-refractivity contribution in [1.29, 1.82) is 0 Å². The van der Waals surface area contributed by atoms with Crippen LogP contribution in [0.3, 0.4) is 0 Å². The Bertz CT molecular complexity index is 413. The van der Waals surface area contributed by atoms with E-state index in [1.54, 1.807) is 0 Å². The Labute approximate surface area is 119 Å². The second-order valence-corrected chi connectivity index (χ2v) is 5.55. The third kappa shape index (κ3) is 4.13. The summed E-state index contributed by atoms with van der Waals surface area (Å²) in [6.07, 6.45) is 5.83. The van der Waals surface area contributed by atoms with Gasteiger partial charge in [-0.1, -0.05) is 6.42 Å². The van der Waals surface area contributed by atoms with Crippen LogP contribution in [-0.2, 0) is 0 Å². The lowest BCUT2D eigenvalue weighted by Gasteiger charge is -2.20. The molecule has 0 amide bonds. The minimum Gasteiger partial charge on any atom is -0.486 e. The second kappa shape index (κ2) is 7.38. The number of nitrogens with one attached hydrogen (secondary N) is 1. The lowest BCUT2D eigenvalue weighted by atomic mass is 10.2. The highest BCUT2D eigenvalue weighted by atomic mass is 32.2. The Morgan fingerprint density at radius 1 is 1.16 bits per heavy atom. The number of thioether (sulfide) groups is 1. The molecule has 0 saturated carbocycles. The van der Waals surface area contributed by atoms with Gasteiger partial charge in [0, 0.05) is 18.7 Å². The highest BCUT2D eigenvalue weighted by Gasteiger charge is 2.14. The lowest BCUT2D eigenvalue weighted by Crippen LogP contribution is -2.16. The summed E-state index contributed by atoms with van der Waals surface area (Å²) in [6.45, 7) is 2.14. The Kier molecular flexibility index (Phi) is 5.51. The molecule has 2 rings (SSSR count). The van der Waals surface area contributed by atoms with Gasteiger partial charge in [-0.3, -0.25) is 0 Å². The first-order valence-electron chi connectivity index (χ1n) is 6.73. The fraction of sp³-hybridized carbons (Fsp3) is 0.571. The lowest BCUT2D eigenvalue weighted by molar-refractivity contribution is 0.172. The number of benzene rings is 1.